The highest BCUT2D eigenvalue weighted by Gasteiger charge is 2.29. The van der Waals surface area contributed by atoms with Gasteiger partial charge in [-0.3, -0.25) is 9.69 Å². The minimum Gasteiger partial charge on any atom is -0.481 e. The highest BCUT2D eigenvalue weighted by atomic mass is 16.5. The van der Waals surface area contributed by atoms with E-state index in [0.717, 1.165) is 26.2 Å². The molecule has 0 amide bonds. The summed E-state index contributed by atoms with van der Waals surface area (Å²) in [5.41, 5.74) is 0.168. The second-order valence-corrected chi connectivity index (χ2v) is 5.57. The first-order valence-electron chi connectivity index (χ1n) is 6.09. The average molecular weight is 244 g/mol. The van der Waals surface area contributed by atoms with Gasteiger partial charge in [0.1, 0.15) is 0 Å². The van der Waals surface area contributed by atoms with Crippen molar-refractivity contribution in [1.82, 2.24) is 10.2 Å². The van der Waals surface area contributed by atoms with Crippen molar-refractivity contribution >= 4 is 5.97 Å². The number of hydrogen-bond acceptors (Lipinski definition) is 4. The van der Waals surface area contributed by atoms with E-state index in [9.17, 15) is 4.79 Å². The SMILES string of the molecule is COCCN1CC(CC(=O)O)NCC(C)(C)C1. The molecule has 0 aromatic heterocycles. The second-order valence-electron chi connectivity index (χ2n) is 5.57. The third kappa shape index (κ3) is 5.48. The van der Waals surface area contributed by atoms with E-state index in [1.165, 1.54) is 0 Å². The molecule has 0 aromatic carbocycles. The molecule has 1 fully saturated rings. The molecule has 1 aliphatic heterocycles. The molecule has 2 N–H and O–H groups in total. The van der Waals surface area contributed by atoms with E-state index in [1.807, 2.05) is 0 Å². The molecule has 1 rings (SSSR count). The Hall–Kier alpha value is -0.650. The van der Waals surface area contributed by atoms with Crippen LogP contribution in [0.3, 0.4) is 0 Å². The summed E-state index contributed by atoms with van der Waals surface area (Å²) in [6.07, 6.45) is 0.180. The molecule has 1 heterocycles. The van der Waals surface area contributed by atoms with E-state index in [2.05, 4.69) is 24.1 Å². The molecular formula is C12H24N2O3. The Morgan fingerprint density at radius 3 is 2.88 bits per heavy atom. The molecule has 0 radical (unpaired) electrons. The molecule has 100 valence electrons. The lowest BCUT2D eigenvalue weighted by atomic mass is 9.93. The van der Waals surface area contributed by atoms with E-state index in [4.69, 9.17) is 9.84 Å². The van der Waals surface area contributed by atoms with Gasteiger partial charge in [-0.1, -0.05) is 13.8 Å². The van der Waals surface area contributed by atoms with Crippen LogP contribution in [0.2, 0.25) is 0 Å². The minimum absolute atomic E-state index is 0.0335. The molecule has 5 heteroatoms. The van der Waals surface area contributed by atoms with Crippen molar-refractivity contribution in [3.05, 3.63) is 0 Å². The fourth-order valence-electron chi connectivity index (χ4n) is 2.26. The highest BCUT2D eigenvalue weighted by Crippen LogP contribution is 2.19. The summed E-state index contributed by atoms with van der Waals surface area (Å²) >= 11 is 0. The van der Waals surface area contributed by atoms with Crippen LogP contribution in [0.4, 0.5) is 0 Å². The number of carboxylic acids is 1. The molecule has 0 saturated carbocycles. The van der Waals surface area contributed by atoms with Crippen molar-refractivity contribution in [2.75, 3.05) is 39.9 Å². The Morgan fingerprint density at radius 1 is 1.59 bits per heavy atom. The molecule has 0 aromatic rings. The Kier molecular flexibility index (Phi) is 5.36. The lowest BCUT2D eigenvalue weighted by molar-refractivity contribution is -0.137. The maximum absolute atomic E-state index is 10.8. The minimum atomic E-state index is -0.742. The standard InChI is InChI=1S/C12H24N2O3/c1-12(2)8-13-10(6-11(15)16)7-14(9-12)4-5-17-3/h10,13H,4-9H2,1-3H3,(H,15,16). The van der Waals surface area contributed by atoms with Gasteiger partial charge < -0.3 is 15.2 Å². The molecule has 5 nitrogen and oxygen atoms in total. The van der Waals surface area contributed by atoms with Crippen LogP contribution >= 0.6 is 0 Å². The quantitative estimate of drug-likeness (QED) is 0.733. The molecule has 17 heavy (non-hydrogen) atoms. The smallest absolute Gasteiger partial charge is 0.304 e. The van der Waals surface area contributed by atoms with Gasteiger partial charge in [0.15, 0.2) is 0 Å². The number of nitrogens with zero attached hydrogens (tertiary/aromatic N) is 1. The Labute approximate surface area is 103 Å². The summed E-state index contributed by atoms with van der Waals surface area (Å²) in [7, 11) is 1.69. The van der Waals surface area contributed by atoms with Gasteiger partial charge in [0, 0.05) is 39.3 Å². The Bertz CT molecular complexity index is 256. The predicted octanol–water partition coefficient (Wildman–Crippen LogP) is 0.408. The number of rotatable bonds is 5. The summed E-state index contributed by atoms with van der Waals surface area (Å²) in [5.74, 6) is -0.742. The topological polar surface area (TPSA) is 61.8 Å². The normalized spacial score (nSPS) is 25.5. The summed E-state index contributed by atoms with van der Waals surface area (Å²) in [6, 6.07) is 0.0335. The molecule has 1 unspecified atom stereocenters. The molecule has 1 atom stereocenters. The Morgan fingerprint density at radius 2 is 2.29 bits per heavy atom. The van der Waals surface area contributed by atoms with E-state index >= 15 is 0 Å². The van der Waals surface area contributed by atoms with Crippen molar-refractivity contribution in [2.45, 2.75) is 26.3 Å². The first-order valence-corrected chi connectivity index (χ1v) is 6.09. The van der Waals surface area contributed by atoms with Crippen LogP contribution in [0.5, 0.6) is 0 Å². The first-order chi connectivity index (χ1) is 7.93. The molecule has 1 aliphatic rings. The predicted molar refractivity (Wildman–Crippen MR) is 66.1 cm³/mol. The second kappa shape index (κ2) is 6.33. The van der Waals surface area contributed by atoms with Crippen LogP contribution in [-0.2, 0) is 9.53 Å². The van der Waals surface area contributed by atoms with Crippen molar-refractivity contribution in [3.63, 3.8) is 0 Å². The lowest BCUT2D eigenvalue weighted by Gasteiger charge is -2.28. The van der Waals surface area contributed by atoms with Gasteiger partial charge in [-0.25, -0.2) is 0 Å². The van der Waals surface area contributed by atoms with Crippen LogP contribution in [0.1, 0.15) is 20.3 Å². The van der Waals surface area contributed by atoms with Crippen LogP contribution in [-0.4, -0.2) is 61.9 Å². The Balaban J connectivity index is 2.57. The molecule has 0 spiro atoms. The number of carbonyl (C=O) groups is 1. The van der Waals surface area contributed by atoms with Crippen LogP contribution in [0.15, 0.2) is 0 Å². The summed E-state index contributed by atoms with van der Waals surface area (Å²) in [6.45, 7) is 8.55. The third-order valence-electron chi connectivity index (χ3n) is 3.03. The van der Waals surface area contributed by atoms with Gasteiger partial charge in [-0.2, -0.15) is 0 Å². The molecular weight excluding hydrogens is 220 g/mol. The van der Waals surface area contributed by atoms with E-state index in [0.29, 0.717) is 6.61 Å². The lowest BCUT2D eigenvalue weighted by Crippen LogP contribution is -2.40. The van der Waals surface area contributed by atoms with E-state index in [1.54, 1.807) is 7.11 Å². The summed E-state index contributed by atoms with van der Waals surface area (Å²) in [5, 5.41) is 12.2. The monoisotopic (exact) mass is 244 g/mol. The number of aliphatic carboxylic acids is 1. The maximum Gasteiger partial charge on any atom is 0.304 e. The van der Waals surface area contributed by atoms with Gasteiger partial charge >= 0.3 is 5.97 Å². The number of ether oxygens (including phenoxy) is 1. The molecule has 0 aliphatic carbocycles. The van der Waals surface area contributed by atoms with Crippen LogP contribution < -0.4 is 5.32 Å². The van der Waals surface area contributed by atoms with Gasteiger partial charge in [-0.15, -0.1) is 0 Å². The highest BCUT2D eigenvalue weighted by molar-refractivity contribution is 5.67. The third-order valence-corrected chi connectivity index (χ3v) is 3.03. The zero-order chi connectivity index (χ0) is 12.9. The zero-order valence-corrected chi connectivity index (χ0v) is 11.0. The number of carboxylic acid groups (broad SMARTS) is 1. The zero-order valence-electron chi connectivity index (χ0n) is 11.0. The van der Waals surface area contributed by atoms with Gasteiger partial charge in [0.25, 0.3) is 0 Å². The largest absolute Gasteiger partial charge is 0.481 e. The fraction of sp³-hybridized carbons (Fsp3) is 0.917. The fourth-order valence-corrected chi connectivity index (χ4v) is 2.26. The maximum atomic E-state index is 10.8. The summed E-state index contributed by atoms with van der Waals surface area (Å²) in [4.78, 5) is 13.1. The van der Waals surface area contributed by atoms with Crippen molar-refractivity contribution in [3.8, 4) is 0 Å². The average Bonchev–Trinajstić information content (AvgIpc) is 2.34. The van der Waals surface area contributed by atoms with Gasteiger partial charge in [-0.05, 0) is 5.41 Å². The number of hydrogen-bond donors (Lipinski definition) is 2. The van der Waals surface area contributed by atoms with Crippen molar-refractivity contribution < 1.29 is 14.6 Å². The van der Waals surface area contributed by atoms with Gasteiger partial charge in [0.05, 0.1) is 13.0 Å². The van der Waals surface area contributed by atoms with E-state index in [-0.39, 0.29) is 17.9 Å². The molecule has 1 saturated heterocycles. The van der Waals surface area contributed by atoms with E-state index < -0.39 is 5.97 Å². The summed E-state index contributed by atoms with van der Waals surface area (Å²) < 4.78 is 5.09. The number of methoxy groups -OCH3 is 1. The van der Waals surface area contributed by atoms with Crippen LogP contribution in [0, 0.1) is 5.41 Å². The first kappa shape index (κ1) is 14.4. The number of nitrogens with one attached hydrogen (secondary N) is 1. The van der Waals surface area contributed by atoms with Crippen molar-refractivity contribution in [1.29, 1.82) is 0 Å². The van der Waals surface area contributed by atoms with Crippen molar-refractivity contribution in [2.24, 2.45) is 5.41 Å². The van der Waals surface area contributed by atoms with Gasteiger partial charge in [0.2, 0.25) is 0 Å². The van der Waals surface area contributed by atoms with Crippen LogP contribution in [0.25, 0.3) is 0 Å². The molecule has 0 bridgehead atoms.